The van der Waals surface area contributed by atoms with E-state index in [0.717, 1.165) is 12.8 Å². The van der Waals surface area contributed by atoms with Crippen molar-refractivity contribution in [3.05, 3.63) is 12.2 Å². The van der Waals surface area contributed by atoms with Gasteiger partial charge in [0.25, 0.3) is 0 Å². The highest BCUT2D eigenvalue weighted by Gasteiger charge is 1.94. The van der Waals surface area contributed by atoms with E-state index in [0.29, 0.717) is 6.42 Å². The summed E-state index contributed by atoms with van der Waals surface area (Å²) in [7, 11) is 0. The maximum atomic E-state index is 10.5. The highest BCUT2D eigenvalue weighted by Crippen LogP contribution is 2.08. The van der Waals surface area contributed by atoms with Gasteiger partial charge in [-0.1, -0.05) is 51.2 Å². The van der Waals surface area contributed by atoms with Crippen LogP contribution in [0.2, 0.25) is 0 Å². The number of rotatable bonds is 11. The van der Waals surface area contributed by atoms with Crippen molar-refractivity contribution >= 4 is 5.91 Å². The van der Waals surface area contributed by atoms with Crippen LogP contribution in [0.25, 0.3) is 0 Å². The van der Waals surface area contributed by atoms with Gasteiger partial charge in [-0.05, 0) is 25.7 Å². The van der Waals surface area contributed by atoms with E-state index < -0.39 is 0 Å². The molecule has 0 aromatic carbocycles. The number of primary amides is 1. The first-order valence-corrected chi connectivity index (χ1v) is 6.70. The Kier molecular flexibility index (Phi) is 11.7. The fraction of sp³-hybridized carbons (Fsp3) is 0.786. The normalized spacial score (nSPS) is 11.1. The topological polar surface area (TPSA) is 43.1 Å². The number of carbonyl (C=O) groups is 1. The third-order valence-electron chi connectivity index (χ3n) is 2.67. The molecule has 0 unspecified atom stereocenters. The minimum absolute atomic E-state index is 0.166. The molecule has 16 heavy (non-hydrogen) atoms. The molecule has 0 radical (unpaired) electrons. The Hall–Kier alpha value is -0.790. The predicted molar refractivity (Wildman–Crippen MR) is 70.2 cm³/mol. The molecule has 0 aromatic rings. The Balaban J connectivity index is 3.01. The smallest absolute Gasteiger partial charge is 0.217 e. The van der Waals surface area contributed by atoms with E-state index in [-0.39, 0.29) is 5.91 Å². The first-order chi connectivity index (χ1) is 7.77. The van der Waals surface area contributed by atoms with Crippen LogP contribution in [0, 0.1) is 0 Å². The molecule has 0 aliphatic carbocycles. The minimum Gasteiger partial charge on any atom is -0.370 e. The number of allylic oxidation sites excluding steroid dienone is 2. The molecule has 0 saturated carbocycles. The summed E-state index contributed by atoms with van der Waals surface area (Å²) in [5.74, 6) is -0.166. The van der Waals surface area contributed by atoms with E-state index >= 15 is 0 Å². The summed E-state index contributed by atoms with van der Waals surface area (Å²) in [5, 5.41) is 0. The zero-order chi connectivity index (χ0) is 12.1. The molecule has 2 N–H and O–H groups in total. The molecule has 0 aliphatic rings. The molecular formula is C14H27NO. The number of unbranched alkanes of at least 4 members (excludes halogenated alkanes) is 7. The van der Waals surface area contributed by atoms with Crippen molar-refractivity contribution in [2.75, 3.05) is 0 Å². The van der Waals surface area contributed by atoms with Gasteiger partial charge in [-0.2, -0.15) is 0 Å². The van der Waals surface area contributed by atoms with Crippen LogP contribution >= 0.6 is 0 Å². The summed E-state index contributed by atoms with van der Waals surface area (Å²) in [5.41, 5.74) is 5.07. The molecule has 2 nitrogen and oxygen atoms in total. The standard InChI is InChI=1S/C14H27NO/c1-2-3-4-5-6-7-8-9-10-11-12-13-14(15)16/h4-5H,2-3,6-13H2,1H3,(H2,15,16). The van der Waals surface area contributed by atoms with Crippen LogP contribution in [0.15, 0.2) is 12.2 Å². The number of hydrogen-bond donors (Lipinski definition) is 1. The van der Waals surface area contributed by atoms with Crippen molar-refractivity contribution in [2.45, 2.75) is 71.1 Å². The Bertz CT molecular complexity index is 187. The van der Waals surface area contributed by atoms with E-state index in [1.54, 1.807) is 0 Å². The number of amides is 1. The molecule has 1 amide bonds. The highest BCUT2D eigenvalue weighted by atomic mass is 16.1. The fourth-order valence-electron chi connectivity index (χ4n) is 1.67. The zero-order valence-electron chi connectivity index (χ0n) is 10.7. The maximum Gasteiger partial charge on any atom is 0.217 e. The molecule has 2 heteroatoms. The average molecular weight is 225 g/mol. The van der Waals surface area contributed by atoms with E-state index in [1.165, 1.54) is 44.9 Å². The summed E-state index contributed by atoms with van der Waals surface area (Å²) in [6.45, 7) is 2.20. The number of hydrogen-bond acceptors (Lipinski definition) is 1. The van der Waals surface area contributed by atoms with Crippen LogP contribution in [0.5, 0.6) is 0 Å². The molecule has 0 rings (SSSR count). The van der Waals surface area contributed by atoms with Crippen LogP contribution < -0.4 is 5.73 Å². The molecule has 0 spiro atoms. The molecular weight excluding hydrogens is 198 g/mol. The van der Waals surface area contributed by atoms with Crippen molar-refractivity contribution in [3.63, 3.8) is 0 Å². The molecule has 0 heterocycles. The molecule has 0 aromatic heterocycles. The largest absolute Gasteiger partial charge is 0.370 e. The zero-order valence-corrected chi connectivity index (χ0v) is 10.7. The van der Waals surface area contributed by atoms with Gasteiger partial charge in [0.05, 0.1) is 0 Å². The summed E-state index contributed by atoms with van der Waals surface area (Å²) in [4.78, 5) is 10.5. The van der Waals surface area contributed by atoms with Gasteiger partial charge in [0.1, 0.15) is 0 Å². The number of nitrogens with two attached hydrogens (primary N) is 1. The van der Waals surface area contributed by atoms with Gasteiger partial charge >= 0.3 is 0 Å². The number of carbonyl (C=O) groups excluding carboxylic acids is 1. The van der Waals surface area contributed by atoms with E-state index in [4.69, 9.17) is 5.73 Å². The second-order valence-electron chi connectivity index (χ2n) is 4.39. The van der Waals surface area contributed by atoms with Crippen molar-refractivity contribution in [1.29, 1.82) is 0 Å². The van der Waals surface area contributed by atoms with Gasteiger partial charge in [-0.3, -0.25) is 4.79 Å². The average Bonchev–Trinajstić information content (AvgIpc) is 2.25. The SMILES string of the molecule is CCCC=CCCCCCCCCC(N)=O. The Morgan fingerprint density at radius 1 is 0.938 bits per heavy atom. The third-order valence-corrected chi connectivity index (χ3v) is 2.67. The summed E-state index contributed by atoms with van der Waals surface area (Å²) in [6.07, 6.45) is 16.1. The lowest BCUT2D eigenvalue weighted by Crippen LogP contribution is -2.09. The van der Waals surface area contributed by atoms with Gasteiger partial charge < -0.3 is 5.73 Å². The van der Waals surface area contributed by atoms with Gasteiger partial charge in [-0.15, -0.1) is 0 Å². The first kappa shape index (κ1) is 15.2. The molecule has 0 aliphatic heterocycles. The van der Waals surface area contributed by atoms with Crippen LogP contribution in [-0.4, -0.2) is 5.91 Å². The fourth-order valence-corrected chi connectivity index (χ4v) is 1.67. The van der Waals surface area contributed by atoms with E-state index in [9.17, 15) is 4.79 Å². The summed E-state index contributed by atoms with van der Waals surface area (Å²) in [6, 6.07) is 0. The third kappa shape index (κ3) is 13.2. The molecule has 0 saturated heterocycles. The highest BCUT2D eigenvalue weighted by molar-refractivity contribution is 5.73. The monoisotopic (exact) mass is 225 g/mol. The quantitative estimate of drug-likeness (QED) is 0.420. The second kappa shape index (κ2) is 12.3. The van der Waals surface area contributed by atoms with Gasteiger partial charge in [0.15, 0.2) is 0 Å². The summed E-state index contributed by atoms with van der Waals surface area (Å²) < 4.78 is 0. The van der Waals surface area contributed by atoms with Crippen LogP contribution in [0.3, 0.4) is 0 Å². The lowest BCUT2D eigenvalue weighted by molar-refractivity contribution is -0.118. The van der Waals surface area contributed by atoms with Crippen LogP contribution in [0.4, 0.5) is 0 Å². The summed E-state index contributed by atoms with van der Waals surface area (Å²) >= 11 is 0. The Labute approximate surface area is 100 Å². The van der Waals surface area contributed by atoms with Gasteiger partial charge in [0.2, 0.25) is 5.91 Å². The Morgan fingerprint density at radius 2 is 1.50 bits per heavy atom. The van der Waals surface area contributed by atoms with E-state index in [1.807, 2.05) is 0 Å². The van der Waals surface area contributed by atoms with Crippen molar-refractivity contribution < 1.29 is 4.79 Å². The molecule has 0 atom stereocenters. The van der Waals surface area contributed by atoms with E-state index in [2.05, 4.69) is 19.1 Å². The lowest BCUT2D eigenvalue weighted by Gasteiger charge is -1.99. The first-order valence-electron chi connectivity index (χ1n) is 6.70. The molecule has 0 bridgehead atoms. The predicted octanol–water partition coefficient (Wildman–Crippen LogP) is 3.95. The van der Waals surface area contributed by atoms with Gasteiger partial charge in [-0.25, -0.2) is 0 Å². The van der Waals surface area contributed by atoms with Gasteiger partial charge in [0, 0.05) is 6.42 Å². The molecule has 0 fully saturated rings. The van der Waals surface area contributed by atoms with Crippen LogP contribution in [-0.2, 0) is 4.79 Å². The minimum atomic E-state index is -0.166. The van der Waals surface area contributed by atoms with Crippen molar-refractivity contribution in [3.8, 4) is 0 Å². The lowest BCUT2D eigenvalue weighted by atomic mass is 10.1. The van der Waals surface area contributed by atoms with Crippen molar-refractivity contribution in [2.24, 2.45) is 5.73 Å². The molecule has 94 valence electrons. The van der Waals surface area contributed by atoms with Crippen LogP contribution in [0.1, 0.15) is 71.1 Å². The maximum absolute atomic E-state index is 10.5. The second-order valence-corrected chi connectivity index (χ2v) is 4.39. The Morgan fingerprint density at radius 3 is 2.12 bits per heavy atom. The van der Waals surface area contributed by atoms with Crippen molar-refractivity contribution in [1.82, 2.24) is 0 Å².